The number of rotatable bonds is 5. The molecule has 0 aliphatic rings. The molecular weight excluding hydrogens is 385 g/mol. The van der Waals surface area contributed by atoms with Crippen molar-refractivity contribution in [3.05, 3.63) is 85.5 Å². The number of ketones is 1. The normalized spacial score (nSPS) is 12.2. The lowest BCUT2D eigenvalue weighted by Crippen LogP contribution is -2.27. The maximum Gasteiger partial charge on any atom is 0.287 e. The molecule has 0 spiro atoms. The van der Waals surface area contributed by atoms with Gasteiger partial charge in [-0.2, -0.15) is 5.10 Å². The van der Waals surface area contributed by atoms with Gasteiger partial charge in [-0.25, -0.2) is 4.68 Å². The first-order valence-electron chi connectivity index (χ1n) is 8.49. The predicted octanol–water partition coefficient (Wildman–Crippen LogP) is 4.46. The molecule has 0 amide bonds. The van der Waals surface area contributed by atoms with Gasteiger partial charge in [-0.1, -0.05) is 53.5 Å². The first-order valence-corrected chi connectivity index (χ1v) is 9.24. The lowest BCUT2D eigenvalue weighted by molar-refractivity contribution is 0.0965. The van der Waals surface area contributed by atoms with E-state index in [0.29, 0.717) is 5.56 Å². The molecule has 0 fully saturated rings. The molecule has 1 aromatic carbocycles. The summed E-state index contributed by atoms with van der Waals surface area (Å²) in [6.45, 7) is 5.77. The van der Waals surface area contributed by atoms with Crippen LogP contribution in [0, 0.1) is 13.8 Å². The molecule has 5 nitrogen and oxygen atoms in total. The summed E-state index contributed by atoms with van der Waals surface area (Å²) in [5.41, 5.74) is 2.96. The van der Waals surface area contributed by atoms with Gasteiger partial charge in [-0.3, -0.25) is 9.59 Å². The molecule has 3 rings (SSSR count). The van der Waals surface area contributed by atoms with E-state index < -0.39 is 5.56 Å². The number of aromatic nitrogens is 3. The molecule has 0 aliphatic heterocycles. The number of aryl methyl sites for hydroxylation is 1. The Morgan fingerprint density at radius 2 is 1.85 bits per heavy atom. The van der Waals surface area contributed by atoms with Crippen molar-refractivity contribution < 1.29 is 4.79 Å². The molecule has 0 saturated heterocycles. The third kappa shape index (κ3) is 3.70. The van der Waals surface area contributed by atoms with Gasteiger partial charge in [-0.15, -0.1) is 0 Å². The molecule has 3 aromatic rings. The number of hydrogen-bond donors (Lipinski definition) is 0. The van der Waals surface area contributed by atoms with Crippen LogP contribution in [-0.2, 0) is 6.54 Å². The zero-order valence-electron chi connectivity index (χ0n) is 15.2. The second kappa shape index (κ2) is 7.71. The number of nitrogens with zero attached hydrogens (tertiary/aromatic N) is 3. The Labute approximate surface area is 167 Å². The lowest BCUT2D eigenvalue weighted by Gasteiger charge is -2.19. The standard InChI is InChI=1S/C20H19Cl2N3O2/c1-12-9-16(14(3)25(12)13(2)15-7-5-4-6-8-15)18(26)11-24-20(27)19(22)17(21)10-23-24/h4-10,13H,11H2,1-3H3/t13-/m1/s1. The molecule has 0 radical (unpaired) electrons. The van der Waals surface area contributed by atoms with Gasteiger partial charge < -0.3 is 4.57 Å². The SMILES string of the molecule is Cc1cc(C(=O)Cn2ncc(Cl)c(Cl)c2=O)c(C)n1[C@H](C)c1ccccc1. The number of halogens is 2. The third-order valence-electron chi connectivity index (χ3n) is 4.69. The number of benzene rings is 1. The molecule has 0 bridgehead atoms. The molecule has 0 N–H and O–H groups in total. The smallest absolute Gasteiger partial charge is 0.287 e. The van der Waals surface area contributed by atoms with Crippen LogP contribution in [0.5, 0.6) is 0 Å². The molecule has 27 heavy (non-hydrogen) atoms. The van der Waals surface area contributed by atoms with Crippen LogP contribution >= 0.6 is 23.2 Å². The van der Waals surface area contributed by atoms with Crippen LogP contribution in [0.1, 0.15) is 40.3 Å². The average Bonchev–Trinajstić information content (AvgIpc) is 2.96. The van der Waals surface area contributed by atoms with Crippen molar-refractivity contribution in [3.63, 3.8) is 0 Å². The van der Waals surface area contributed by atoms with Crippen LogP contribution in [0.25, 0.3) is 0 Å². The fourth-order valence-corrected chi connectivity index (χ4v) is 3.59. The van der Waals surface area contributed by atoms with Crippen molar-refractivity contribution >= 4 is 29.0 Å². The highest BCUT2D eigenvalue weighted by Crippen LogP contribution is 2.26. The Hall–Kier alpha value is -2.37. The second-order valence-corrected chi connectivity index (χ2v) is 7.22. The highest BCUT2D eigenvalue weighted by Gasteiger charge is 2.21. The Kier molecular flexibility index (Phi) is 5.53. The Balaban J connectivity index is 1.93. The summed E-state index contributed by atoms with van der Waals surface area (Å²) in [6, 6.07) is 12.0. The zero-order chi connectivity index (χ0) is 19.7. The highest BCUT2D eigenvalue weighted by molar-refractivity contribution is 6.41. The average molecular weight is 404 g/mol. The molecule has 0 saturated carbocycles. The molecule has 7 heteroatoms. The van der Waals surface area contributed by atoms with E-state index in [0.717, 1.165) is 21.6 Å². The first-order chi connectivity index (χ1) is 12.8. The van der Waals surface area contributed by atoms with Gasteiger partial charge in [0.25, 0.3) is 5.56 Å². The minimum Gasteiger partial charge on any atom is -0.341 e. The van der Waals surface area contributed by atoms with Crippen molar-refractivity contribution in [2.75, 3.05) is 0 Å². The summed E-state index contributed by atoms with van der Waals surface area (Å²) in [5, 5.41) is 3.84. The molecular formula is C20H19Cl2N3O2. The van der Waals surface area contributed by atoms with Crippen LogP contribution in [0.2, 0.25) is 10.0 Å². The van der Waals surface area contributed by atoms with Crippen molar-refractivity contribution in [2.24, 2.45) is 0 Å². The fraction of sp³-hybridized carbons (Fsp3) is 0.250. The van der Waals surface area contributed by atoms with Gasteiger partial charge in [0.1, 0.15) is 11.6 Å². The molecule has 0 unspecified atom stereocenters. The lowest BCUT2D eigenvalue weighted by atomic mass is 10.1. The Morgan fingerprint density at radius 1 is 1.19 bits per heavy atom. The van der Waals surface area contributed by atoms with E-state index in [4.69, 9.17) is 23.2 Å². The van der Waals surface area contributed by atoms with Crippen LogP contribution < -0.4 is 5.56 Å². The summed E-state index contributed by atoms with van der Waals surface area (Å²) in [5.74, 6) is -0.206. The number of carbonyl (C=O) groups is 1. The summed E-state index contributed by atoms with van der Waals surface area (Å²) in [7, 11) is 0. The predicted molar refractivity (Wildman–Crippen MR) is 107 cm³/mol. The third-order valence-corrected chi connectivity index (χ3v) is 5.44. The van der Waals surface area contributed by atoms with Crippen LogP contribution in [0.3, 0.4) is 0 Å². The van der Waals surface area contributed by atoms with Crippen molar-refractivity contribution in [3.8, 4) is 0 Å². The minimum atomic E-state index is -0.580. The van der Waals surface area contributed by atoms with E-state index in [9.17, 15) is 9.59 Å². The molecule has 2 aromatic heterocycles. The minimum absolute atomic E-state index is 0.0697. The first kappa shape index (κ1) is 19.4. The van der Waals surface area contributed by atoms with Gasteiger partial charge in [-0.05, 0) is 32.4 Å². The van der Waals surface area contributed by atoms with Crippen molar-refractivity contribution in [2.45, 2.75) is 33.4 Å². The zero-order valence-corrected chi connectivity index (χ0v) is 16.8. The van der Waals surface area contributed by atoms with Gasteiger partial charge in [0.05, 0.1) is 17.3 Å². The molecule has 2 heterocycles. The fourth-order valence-electron chi connectivity index (χ4n) is 3.31. The van der Waals surface area contributed by atoms with Crippen molar-refractivity contribution in [1.82, 2.24) is 14.3 Å². The second-order valence-electron chi connectivity index (χ2n) is 6.43. The number of Topliss-reactive ketones (excluding diaryl/α,β-unsaturated/α-hetero) is 1. The van der Waals surface area contributed by atoms with E-state index in [1.54, 1.807) is 0 Å². The van der Waals surface area contributed by atoms with E-state index in [1.165, 1.54) is 6.20 Å². The Morgan fingerprint density at radius 3 is 2.52 bits per heavy atom. The topological polar surface area (TPSA) is 56.9 Å². The maximum absolute atomic E-state index is 12.8. The number of carbonyl (C=O) groups excluding carboxylic acids is 1. The van der Waals surface area contributed by atoms with Gasteiger partial charge in [0.2, 0.25) is 0 Å². The van der Waals surface area contributed by atoms with Gasteiger partial charge >= 0.3 is 0 Å². The molecule has 1 atom stereocenters. The van der Waals surface area contributed by atoms with E-state index >= 15 is 0 Å². The monoisotopic (exact) mass is 403 g/mol. The largest absolute Gasteiger partial charge is 0.341 e. The highest BCUT2D eigenvalue weighted by atomic mass is 35.5. The molecule has 140 valence electrons. The van der Waals surface area contributed by atoms with Crippen LogP contribution in [0.15, 0.2) is 47.4 Å². The summed E-state index contributed by atoms with van der Waals surface area (Å²) < 4.78 is 3.15. The summed E-state index contributed by atoms with van der Waals surface area (Å²) in [4.78, 5) is 25.0. The Bertz CT molecular complexity index is 1060. The maximum atomic E-state index is 12.8. The quantitative estimate of drug-likeness (QED) is 0.590. The van der Waals surface area contributed by atoms with E-state index in [2.05, 4.69) is 28.7 Å². The van der Waals surface area contributed by atoms with Crippen molar-refractivity contribution in [1.29, 1.82) is 0 Å². The van der Waals surface area contributed by atoms with Crippen LogP contribution in [0.4, 0.5) is 0 Å². The summed E-state index contributed by atoms with van der Waals surface area (Å²) >= 11 is 11.6. The van der Waals surface area contributed by atoms with Gasteiger partial charge in [0.15, 0.2) is 5.78 Å². The summed E-state index contributed by atoms with van der Waals surface area (Å²) in [6.07, 6.45) is 1.26. The molecule has 0 aliphatic carbocycles. The van der Waals surface area contributed by atoms with E-state index in [1.807, 2.05) is 38.1 Å². The number of hydrogen-bond acceptors (Lipinski definition) is 3. The van der Waals surface area contributed by atoms with Gasteiger partial charge in [0, 0.05) is 17.0 Å². The van der Waals surface area contributed by atoms with Crippen LogP contribution in [-0.4, -0.2) is 20.1 Å². The van der Waals surface area contributed by atoms with E-state index in [-0.39, 0.29) is 28.4 Å².